The van der Waals surface area contributed by atoms with Gasteiger partial charge in [0.25, 0.3) is 5.91 Å². The highest BCUT2D eigenvalue weighted by molar-refractivity contribution is 7.89. The summed E-state index contributed by atoms with van der Waals surface area (Å²) in [6.45, 7) is 1.44. The first-order valence-electron chi connectivity index (χ1n) is 10.9. The van der Waals surface area contributed by atoms with Crippen LogP contribution in [0.25, 0.3) is 16.3 Å². The minimum absolute atomic E-state index is 0.201. The topological polar surface area (TPSA) is 96.7 Å². The molecule has 1 amide bonds. The van der Waals surface area contributed by atoms with E-state index in [0.29, 0.717) is 48.0 Å². The summed E-state index contributed by atoms with van der Waals surface area (Å²) in [4.78, 5) is 17.9. The Morgan fingerprint density at radius 2 is 1.88 bits per heavy atom. The van der Waals surface area contributed by atoms with E-state index in [1.807, 2.05) is 5.38 Å². The van der Waals surface area contributed by atoms with E-state index < -0.39 is 10.0 Å². The zero-order valence-corrected chi connectivity index (χ0v) is 19.8. The van der Waals surface area contributed by atoms with Gasteiger partial charge in [-0.15, -0.1) is 16.4 Å². The fourth-order valence-electron chi connectivity index (χ4n) is 3.91. The molecule has 1 aliphatic rings. The predicted octanol–water partition coefficient (Wildman–Crippen LogP) is 3.35. The highest BCUT2D eigenvalue weighted by Crippen LogP contribution is 2.22. The van der Waals surface area contributed by atoms with E-state index in [4.69, 9.17) is 0 Å². The first kappa shape index (κ1) is 22.6. The van der Waals surface area contributed by atoms with Crippen LogP contribution in [-0.2, 0) is 16.4 Å². The van der Waals surface area contributed by atoms with Crippen molar-refractivity contribution in [3.05, 3.63) is 71.0 Å². The molecule has 2 aromatic carbocycles. The molecule has 34 heavy (non-hydrogen) atoms. The van der Waals surface area contributed by atoms with Crippen molar-refractivity contribution in [1.29, 1.82) is 0 Å². The fraction of sp³-hybridized carbons (Fsp3) is 0.261. The molecule has 0 saturated carbocycles. The van der Waals surface area contributed by atoms with Crippen LogP contribution in [0.2, 0.25) is 0 Å². The molecule has 0 atom stereocenters. The molecular formula is C23H22FN5O3S2. The Kier molecular flexibility index (Phi) is 6.15. The molecule has 2 aromatic heterocycles. The predicted molar refractivity (Wildman–Crippen MR) is 127 cm³/mol. The van der Waals surface area contributed by atoms with Crippen LogP contribution in [0.5, 0.6) is 0 Å². The second kappa shape index (κ2) is 9.24. The largest absolute Gasteiger partial charge is 0.352 e. The van der Waals surface area contributed by atoms with E-state index in [9.17, 15) is 17.6 Å². The molecule has 1 N–H and O–H groups in total. The minimum Gasteiger partial charge on any atom is -0.352 e. The SMILES string of the molecule is O=C(NCCc1csc2nc(-c3cccc(F)c3)nn12)c1ccc(S(=O)(=O)N2CCCC2)cc1. The molecule has 1 saturated heterocycles. The first-order valence-corrected chi connectivity index (χ1v) is 13.2. The second-order valence-corrected chi connectivity index (χ2v) is 10.8. The van der Waals surface area contributed by atoms with Gasteiger partial charge in [-0.2, -0.15) is 9.29 Å². The summed E-state index contributed by atoms with van der Waals surface area (Å²) in [6.07, 6.45) is 2.27. The van der Waals surface area contributed by atoms with Gasteiger partial charge >= 0.3 is 0 Å². The number of aromatic nitrogens is 3. The first-order chi connectivity index (χ1) is 16.4. The Hall–Kier alpha value is -3.15. The fourth-order valence-corrected chi connectivity index (χ4v) is 6.28. The maximum Gasteiger partial charge on any atom is 0.251 e. The number of rotatable bonds is 7. The van der Waals surface area contributed by atoms with Crippen molar-refractivity contribution in [1.82, 2.24) is 24.2 Å². The van der Waals surface area contributed by atoms with Crippen LogP contribution in [0.4, 0.5) is 4.39 Å². The van der Waals surface area contributed by atoms with Crippen LogP contribution in [0.15, 0.2) is 58.8 Å². The molecule has 0 radical (unpaired) electrons. The van der Waals surface area contributed by atoms with E-state index in [-0.39, 0.29) is 16.6 Å². The van der Waals surface area contributed by atoms with Crippen LogP contribution in [0.1, 0.15) is 28.9 Å². The number of hydrogen-bond acceptors (Lipinski definition) is 6. The molecule has 0 bridgehead atoms. The number of nitrogens with one attached hydrogen (secondary N) is 1. The average molecular weight is 500 g/mol. The van der Waals surface area contributed by atoms with Crippen molar-refractivity contribution >= 4 is 32.2 Å². The number of halogens is 1. The van der Waals surface area contributed by atoms with Gasteiger partial charge in [-0.3, -0.25) is 4.79 Å². The van der Waals surface area contributed by atoms with Gasteiger partial charge in [0.15, 0.2) is 5.82 Å². The minimum atomic E-state index is -3.50. The smallest absolute Gasteiger partial charge is 0.251 e. The maximum atomic E-state index is 13.5. The number of thiazole rings is 1. The molecule has 3 heterocycles. The highest BCUT2D eigenvalue weighted by Gasteiger charge is 2.27. The van der Waals surface area contributed by atoms with E-state index in [0.717, 1.165) is 18.5 Å². The number of benzene rings is 2. The molecule has 1 fully saturated rings. The van der Waals surface area contributed by atoms with Gasteiger partial charge in [0.05, 0.1) is 10.6 Å². The van der Waals surface area contributed by atoms with Gasteiger partial charge < -0.3 is 5.32 Å². The normalized spacial score (nSPS) is 14.6. The van der Waals surface area contributed by atoms with Crippen LogP contribution < -0.4 is 5.32 Å². The lowest BCUT2D eigenvalue weighted by Crippen LogP contribution is -2.28. The number of fused-ring (bicyclic) bond motifs is 1. The van der Waals surface area contributed by atoms with Crippen LogP contribution in [0.3, 0.4) is 0 Å². The van der Waals surface area contributed by atoms with Crippen molar-refractivity contribution < 1.29 is 17.6 Å². The zero-order chi connectivity index (χ0) is 23.7. The molecule has 4 aromatic rings. The summed E-state index contributed by atoms with van der Waals surface area (Å²) in [5, 5.41) is 9.26. The number of amides is 1. The third-order valence-electron chi connectivity index (χ3n) is 5.72. The zero-order valence-electron chi connectivity index (χ0n) is 18.1. The van der Waals surface area contributed by atoms with Crippen LogP contribution in [0, 0.1) is 5.82 Å². The summed E-state index contributed by atoms with van der Waals surface area (Å²) in [7, 11) is -3.50. The van der Waals surface area contributed by atoms with Gasteiger partial charge in [-0.05, 0) is 49.2 Å². The Morgan fingerprint density at radius 3 is 2.62 bits per heavy atom. The summed E-state index contributed by atoms with van der Waals surface area (Å²) in [6, 6.07) is 12.2. The molecule has 5 rings (SSSR count). The lowest BCUT2D eigenvalue weighted by molar-refractivity contribution is 0.0954. The van der Waals surface area contributed by atoms with Crippen molar-refractivity contribution in [3.63, 3.8) is 0 Å². The van der Waals surface area contributed by atoms with Gasteiger partial charge in [-0.1, -0.05) is 12.1 Å². The third-order valence-corrected chi connectivity index (χ3v) is 8.50. The number of sulfonamides is 1. The maximum absolute atomic E-state index is 13.5. The van der Waals surface area contributed by atoms with E-state index in [1.165, 1.54) is 52.0 Å². The number of carbonyl (C=O) groups excluding carboxylic acids is 1. The monoisotopic (exact) mass is 499 g/mol. The summed E-state index contributed by atoms with van der Waals surface area (Å²) < 4.78 is 42.0. The summed E-state index contributed by atoms with van der Waals surface area (Å²) in [5.74, 6) is -0.184. The van der Waals surface area contributed by atoms with Crippen LogP contribution in [-0.4, -0.2) is 52.9 Å². The summed E-state index contributed by atoms with van der Waals surface area (Å²) in [5.41, 5.74) is 1.87. The molecule has 1 aliphatic heterocycles. The Balaban J connectivity index is 1.21. The van der Waals surface area contributed by atoms with Crippen molar-refractivity contribution in [3.8, 4) is 11.4 Å². The average Bonchev–Trinajstić information content (AvgIpc) is 3.58. The lowest BCUT2D eigenvalue weighted by Gasteiger charge is -2.15. The van der Waals surface area contributed by atoms with Gasteiger partial charge in [0.1, 0.15) is 5.82 Å². The molecule has 0 unspecified atom stereocenters. The highest BCUT2D eigenvalue weighted by atomic mass is 32.2. The molecule has 8 nitrogen and oxygen atoms in total. The Bertz CT molecular complexity index is 1440. The Labute approximate surface area is 200 Å². The third kappa shape index (κ3) is 4.46. The van der Waals surface area contributed by atoms with Gasteiger partial charge in [0, 0.05) is 42.6 Å². The van der Waals surface area contributed by atoms with E-state index >= 15 is 0 Å². The lowest BCUT2D eigenvalue weighted by atomic mass is 10.2. The standard InChI is InChI=1S/C23H22FN5O3S2/c24-18-5-3-4-17(14-18)21-26-23-29(27-21)19(15-33-23)10-11-25-22(30)16-6-8-20(9-7-16)34(31,32)28-12-1-2-13-28/h3-9,14-15H,1-2,10-13H2,(H,25,30). The molecule has 11 heteroatoms. The Morgan fingerprint density at radius 1 is 1.12 bits per heavy atom. The second-order valence-electron chi connectivity index (χ2n) is 8.01. The van der Waals surface area contributed by atoms with Crippen molar-refractivity contribution in [2.24, 2.45) is 0 Å². The molecule has 0 aliphatic carbocycles. The molecule has 0 spiro atoms. The van der Waals surface area contributed by atoms with Crippen LogP contribution >= 0.6 is 11.3 Å². The molecule has 176 valence electrons. The number of nitrogens with zero attached hydrogens (tertiary/aromatic N) is 4. The van der Waals surface area contributed by atoms with Gasteiger partial charge in [0.2, 0.25) is 15.0 Å². The van der Waals surface area contributed by atoms with E-state index in [2.05, 4.69) is 15.4 Å². The molecular weight excluding hydrogens is 477 g/mol. The van der Waals surface area contributed by atoms with E-state index in [1.54, 1.807) is 16.6 Å². The van der Waals surface area contributed by atoms with Crippen molar-refractivity contribution in [2.45, 2.75) is 24.2 Å². The quantitative estimate of drug-likeness (QED) is 0.421. The van der Waals surface area contributed by atoms with Crippen molar-refractivity contribution in [2.75, 3.05) is 19.6 Å². The number of hydrogen-bond donors (Lipinski definition) is 1. The number of carbonyl (C=O) groups is 1. The van der Waals surface area contributed by atoms with Gasteiger partial charge in [-0.25, -0.2) is 17.3 Å². The summed E-state index contributed by atoms with van der Waals surface area (Å²) >= 11 is 1.43.